The molecule has 1 aromatic heterocycles. The lowest BCUT2D eigenvalue weighted by Gasteiger charge is -2.11. The number of imidazole rings is 1. The van der Waals surface area contributed by atoms with Crippen molar-refractivity contribution in [2.75, 3.05) is 6.61 Å². The fraction of sp³-hybridized carbons (Fsp3) is 0.263. The molecule has 0 aliphatic heterocycles. The number of rotatable bonds is 8. The maximum Gasteiger partial charge on any atom is 0.207 e. The van der Waals surface area contributed by atoms with Crippen molar-refractivity contribution in [3.05, 3.63) is 59.9 Å². The number of benzene rings is 2. The molecule has 0 bridgehead atoms. The second-order valence-corrected chi connectivity index (χ2v) is 5.63. The van der Waals surface area contributed by atoms with Gasteiger partial charge in [0.15, 0.2) is 0 Å². The summed E-state index contributed by atoms with van der Waals surface area (Å²) in [5.74, 6) is 1.79. The molecule has 3 aromatic rings. The third-order valence-corrected chi connectivity index (χ3v) is 3.95. The van der Waals surface area contributed by atoms with E-state index in [-0.39, 0.29) is 0 Å². The lowest BCUT2D eigenvalue weighted by atomic mass is 10.2. The van der Waals surface area contributed by atoms with Gasteiger partial charge >= 0.3 is 0 Å². The highest BCUT2D eigenvalue weighted by Crippen LogP contribution is 2.18. The van der Waals surface area contributed by atoms with Crippen molar-refractivity contribution in [1.29, 1.82) is 0 Å². The Bertz CT molecular complexity index is 826. The van der Waals surface area contributed by atoms with E-state index in [9.17, 15) is 4.79 Å². The lowest BCUT2D eigenvalue weighted by molar-refractivity contribution is -0.109. The van der Waals surface area contributed by atoms with Gasteiger partial charge in [-0.1, -0.05) is 30.3 Å². The molecule has 0 saturated carbocycles. The second-order valence-electron chi connectivity index (χ2n) is 5.63. The molecule has 0 aliphatic carbocycles. The number of hydrogen-bond donors (Lipinski definition) is 1. The maximum absolute atomic E-state index is 10.6. The predicted octanol–water partition coefficient (Wildman–Crippen LogP) is 3.06. The standard InChI is InChI=1S/C19H21N3O2/c1-15-7-2-5-10-18(15)24-12-6-11-22-17-9-4-3-8-16(17)21-19(22)13-20-14-23/h2-5,7-10,14H,6,11-13H2,1H3,(H,20,23). The van der Waals surface area contributed by atoms with E-state index in [0.29, 0.717) is 19.6 Å². The molecule has 1 heterocycles. The topological polar surface area (TPSA) is 56.1 Å². The molecule has 0 unspecified atom stereocenters. The minimum atomic E-state index is 0.427. The molecular formula is C19H21N3O2. The second kappa shape index (κ2) is 7.64. The number of amides is 1. The first-order valence-corrected chi connectivity index (χ1v) is 8.09. The monoisotopic (exact) mass is 323 g/mol. The number of carbonyl (C=O) groups is 1. The van der Waals surface area contributed by atoms with Crippen LogP contribution in [0.4, 0.5) is 0 Å². The molecular weight excluding hydrogens is 302 g/mol. The van der Waals surface area contributed by atoms with Crippen LogP contribution < -0.4 is 10.1 Å². The normalized spacial score (nSPS) is 10.7. The van der Waals surface area contributed by atoms with Gasteiger partial charge in [-0.2, -0.15) is 0 Å². The number of ether oxygens (including phenoxy) is 1. The molecule has 0 spiro atoms. The fourth-order valence-electron chi connectivity index (χ4n) is 2.77. The van der Waals surface area contributed by atoms with Crippen molar-refractivity contribution in [3.63, 3.8) is 0 Å². The molecule has 0 radical (unpaired) electrons. The molecule has 5 heteroatoms. The highest BCUT2D eigenvalue weighted by molar-refractivity contribution is 5.75. The molecule has 0 atom stereocenters. The van der Waals surface area contributed by atoms with E-state index in [1.165, 1.54) is 0 Å². The summed E-state index contributed by atoms with van der Waals surface area (Å²) in [4.78, 5) is 15.2. The molecule has 5 nitrogen and oxygen atoms in total. The van der Waals surface area contributed by atoms with Crippen LogP contribution in [0.3, 0.4) is 0 Å². The Morgan fingerprint density at radius 2 is 1.96 bits per heavy atom. The molecule has 1 amide bonds. The number of aryl methyl sites for hydroxylation is 2. The highest BCUT2D eigenvalue weighted by atomic mass is 16.5. The minimum Gasteiger partial charge on any atom is -0.493 e. The number of aromatic nitrogens is 2. The van der Waals surface area contributed by atoms with Crippen molar-refractivity contribution in [2.45, 2.75) is 26.4 Å². The van der Waals surface area contributed by atoms with Crippen LogP contribution in [-0.4, -0.2) is 22.6 Å². The van der Waals surface area contributed by atoms with Crippen molar-refractivity contribution in [3.8, 4) is 5.75 Å². The Balaban J connectivity index is 1.67. The van der Waals surface area contributed by atoms with Gasteiger partial charge < -0.3 is 14.6 Å². The van der Waals surface area contributed by atoms with E-state index >= 15 is 0 Å². The summed E-state index contributed by atoms with van der Waals surface area (Å²) in [7, 11) is 0. The number of carbonyl (C=O) groups excluding carboxylic acids is 1. The summed E-state index contributed by atoms with van der Waals surface area (Å²) < 4.78 is 8.01. The van der Waals surface area contributed by atoms with Crippen LogP contribution in [0, 0.1) is 6.92 Å². The van der Waals surface area contributed by atoms with Gasteiger partial charge in [-0.05, 0) is 37.1 Å². The highest BCUT2D eigenvalue weighted by Gasteiger charge is 2.09. The SMILES string of the molecule is Cc1ccccc1OCCCn1c(CNC=O)nc2ccccc21. The fourth-order valence-corrected chi connectivity index (χ4v) is 2.77. The Morgan fingerprint density at radius 3 is 2.79 bits per heavy atom. The summed E-state index contributed by atoms with van der Waals surface area (Å²) in [6, 6.07) is 16.0. The summed E-state index contributed by atoms with van der Waals surface area (Å²) in [5.41, 5.74) is 3.16. The first kappa shape index (κ1) is 16.1. The van der Waals surface area contributed by atoms with Crippen LogP contribution in [0.5, 0.6) is 5.75 Å². The van der Waals surface area contributed by atoms with Gasteiger partial charge in [0.25, 0.3) is 0 Å². The van der Waals surface area contributed by atoms with Gasteiger partial charge in [-0.15, -0.1) is 0 Å². The molecule has 3 rings (SSSR count). The minimum absolute atomic E-state index is 0.427. The first-order chi connectivity index (χ1) is 11.8. The maximum atomic E-state index is 10.6. The molecule has 1 N–H and O–H groups in total. The Morgan fingerprint density at radius 1 is 1.17 bits per heavy atom. The Hall–Kier alpha value is -2.82. The Labute approximate surface area is 141 Å². The van der Waals surface area contributed by atoms with E-state index < -0.39 is 0 Å². The smallest absolute Gasteiger partial charge is 0.207 e. The van der Waals surface area contributed by atoms with Crippen molar-refractivity contribution in [1.82, 2.24) is 14.9 Å². The third kappa shape index (κ3) is 3.56. The van der Waals surface area contributed by atoms with Crippen LogP contribution in [0.1, 0.15) is 17.8 Å². The van der Waals surface area contributed by atoms with E-state index in [2.05, 4.69) is 20.9 Å². The van der Waals surface area contributed by atoms with Crippen LogP contribution in [0.2, 0.25) is 0 Å². The van der Waals surface area contributed by atoms with Gasteiger partial charge in [0.05, 0.1) is 24.2 Å². The molecule has 124 valence electrons. The first-order valence-electron chi connectivity index (χ1n) is 8.09. The average molecular weight is 323 g/mol. The van der Waals surface area contributed by atoms with Gasteiger partial charge in [-0.25, -0.2) is 4.98 Å². The number of nitrogens with zero attached hydrogens (tertiary/aromatic N) is 2. The van der Waals surface area contributed by atoms with Gasteiger partial charge in [0, 0.05) is 6.54 Å². The van der Waals surface area contributed by atoms with Crippen LogP contribution >= 0.6 is 0 Å². The van der Waals surface area contributed by atoms with Crippen molar-refractivity contribution in [2.24, 2.45) is 0 Å². The summed E-state index contributed by atoms with van der Waals surface area (Å²) in [6.45, 7) is 3.90. The summed E-state index contributed by atoms with van der Waals surface area (Å²) in [6.07, 6.45) is 1.56. The zero-order valence-corrected chi connectivity index (χ0v) is 13.7. The van der Waals surface area contributed by atoms with Crippen molar-refractivity contribution >= 4 is 17.4 Å². The number of hydrogen-bond acceptors (Lipinski definition) is 3. The summed E-state index contributed by atoms with van der Waals surface area (Å²) in [5, 5.41) is 2.69. The number of nitrogens with one attached hydrogen (secondary N) is 1. The predicted molar refractivity (Wildman–Crippen MR) is 93.9 cm³/mol. The average Bonchev–Trinajstić information content (AvgIpc) is 2.96. The third-order valence-electron chi connectivity index (χ3n) is 3.95. The van der Waals surface area contributed by atoms with Crippen LogP contribution in [0.25, 0.3) is 11.0 Å². The molecule has 0 fully saturated rings. The Kier molecular flexibility index (Phi) is 5.11. The molecule has 24 heavy (non-hydrogen) atoms. The largest absolute Gasteiger partial charge is 0.493 e. The zero-order chi connectivity index (χ0) is 16.8. The molecule has 0 aliphatic rings. The van der Waals surface area contributed by atoms with Gasteiger partial charge in [0.1, 0.15) is 11.6 Å². The van der Waals surface area contributed by atoms with Crippen molar-refractivity contribution < 1.29 is 9.53 Å². The molecule has 2 aromatic carbocycles. The number of para-hydroxylation sites is 3. The van der Waals surface area contributed by atoms with E-state index in [4.69, 9.17) is 4.74 Å². The lowest BCUT2D eigenvalue weighted by Crippen LogP contribution is -2.16. The quantitative estimate of drug-likeness (QED) is 0.512. The van der Waals surface area contributed by atoms with Crippen LogP contribution in [-0.2, 0) is 17.9 Å². The summed E-state index contributed by atoms with van der Waals surface area (Å²) >= 11 is 0. The zero-order valence-electron chi connectivity index (χ0n) is 13.7. The van der Waals surface area contributed by atoms with Gasteiger partial charge in [0.2, 0.25) is 6.41 Å². The molecule has 0 saturated heterocycles. The number of fused-ring (bicyclic) bond motifs is 1. The van der Waals surface area contributed by atoms with Gasteiger partial charge in [-0.3, -0.25) is 4.79 Å². The van der Waals surface area contributed by atoms with E-state index in [0.717, 1.165) is 41.1 Å². The van der Waals surface area contributed by atoms with E-state index in [1.807, 2.05) is 49.4 Å². The van der Waals surface area contributed by atoms with Crippen LogP contribution in [0.15, 0.2) is 48.5 Å². The van der Waals surface area contributed by atoms with E-state index in [1.54, 1.807) is 0 Å².